The van der Waals surface area contributed by atoms with Gasteiger partial charge in [0.25, 0.3) is 0 Å². The molecule has 0 radical (unpaired) electrons. The van der Waals surface area contributed by atoms with Crippen LogP contribution in [-0.2, 0) is 0 Å². The predicted molar refractivity (Wildman–Crippen MR) is 265 cm³/mol. The summed E-state index contributed by atoms with van der Waals surface area (Å²) in [7, 11) is 0. The monoisotopic (exact) mass is 798 g/mol. The lowest BCUT2D eigenvalue weighted by Crippen LogP contribution is -1.93. The number of rotatable bonds is 6. The molecule has 10 aromatic carbocycles. The summed E-state index contributed by atoms with van der Waals surface area (Å²) in [6.07, 6.45) is 4.15. The van der Waals surface area contributed by atoms with Crippen LogP contribution >= 0.6 is 0 Å². The molecule has 2 heteroatoms. The van der Waals surface area contributed by atoms with Crippen LogP contribution in [0.15, 0.2) is 231 Å². The van der Waals surface area contributed by atoms with E-state index in [1.54, 1.807) is 0 Å². The Kier molecular flexibility index (Phi) is 7.94. The van der Waals surface area contributed by atoms with Crippen LogP contribution in [-0.4, -0.2) is 9.38 Å². The molecule has 63 heavy (non-hydrogen) atoms. The topological polar surface area (TPSA) is 17.3 Å². The van der Waals surface area contributed by atoms with Crippen LogP contribution in [0.25, 0.3) is 127 Å². The van der Waals surface area contributed by atoms with Crippen molar-refractivity contribution in [3.05, 3.63) is 231 Å². The number of fused-ring (bicyclic) bond motifs is 6. The van der Waals surface area contributed by atoms with Crippen molar-refractivity contribution in [2.45, 2.75) is 0 Å². The summed E-state index contributed by atoms with van der Waals surface area (Å²) in [4.78, 5) is 4.90. The molecule has 292 valence electrons. The Morgan fingerprint density at radius 3 is 1.57 bits per heavy atom. The van der Waals surface area contributed by atoms with Gasteiger partial charge in [-0.15, -0.1) is 0 Å². The lowest BCUT2D eigenvalue weighted by molar-refractivity contribution is 1.19. The lowest BCUT2D eigenvalue weighted by atomic mass is 9.82. The van der Waals surface area contributed by atoms with Gasteiger partial charge >= 0.3 is 0 Å². The smallest absolute Gasteiger partial charge is 0.137 e. The molecule has 0 atom stereocenters. The van der Waals surface area contributed by atoms with E-state index in [0.29, 0.717) is 0 Å². The summed E-state index contributed by atoms with van der Waals surface area (Å²) in [5.74, 6) is 0. The molecule has 0 spiro atoms. The molecular weight excluding hydrogens is 761 g/mol. The maximum atomic E-state index is 4.90. The van der Waals surface area contributed by atoms with Crippen LogP contribution in [0.2, 0.25) is 0 Å². The van der Waals surface area contributed by atoms with E-state index in [4.69, 9.17) is 4.98 Å². The Labute approximate surface area is 365 Å². The first kappa shape index (κ1) is 35.4. The second-order valence-corrected chi connectivity index (χ2v) is 16.7. The van der Waals surface area contributed by atoms with E-state index in [1.165, 1.54) is 105 Å². The van der Waals surface area contributed by atoms with Gasteiger partial charge in [-0.1, -0.05) is 182 Å². The van der Waals surface area contributed by atoms with Crippen molar-refractivity contribution in [3.8, 4) is 89.1 Å². The van der Waals surface area contributed by atoms with Crippen LogP contribution in [0.4, 0.5) is 0 Å². The van der Waals surface area contributed by atoms with Crippen LogP contribution < -0.4 is 0 Å². The van der Waals surface area contributed by atoms with Crippen molar-refractivity contribution in [1.29, 1.82) is 0 Å². The highest BCUT2D eigenvalue weighted by molar-refractivity contribution is 6.28. The maximum Gasteiger partial charge on any atom is 0.137 e. The lowest BCUT2D eigenvalue weighted by Gasteiger charge is -2.20. The highest BCUT2D eigenvalue weighted by Gasteiger charge is 2.31. The first-order chi connectivity index (χ1) is 31.2. The number of aromatic nitrogens is 2. The van der Waals surface area contributed by atoms with Gasteiger partial charge in [0.15, 0.2) is 0 Å². The van der Waals surface area contributed by atoms with Gasteiger partial charge in [-0.2, -0.15) is 0 Å². The number of hydrogen-bond donors (Lipinski definition) is 0. The molecule has 12 aromatic rings. The quantitative estimate of drug-likeness (QED) is 0.164. The van der Waals surface area contributed by atoms with Crippen molar-refractivity contribution < 1.29 is 0 Å². The van der Waals surface area contributed by atoms with Gasteiger partial charge in [0.05, 0.1) is 5.69 Å². The van der Waals surface area contributed by atoms with E-state index in [9.17, 15) is 0 Å². The number of imidazole rings is 1. The first-order valence-corrected chi connectivity index (χ1v) is 21.7. The molecule has 0 amide bonds. The Balaban J connectivity index is 1.04. The van der Waals surface area contributed by atoms with Gasteiger partial charge < -0.3 is 4.40 Å². The third-order valence-electron chi connectivity index (χ3n) is 13.1. The average molecular weight is 799 g/mol. The van der Waals surface area contributed by atoms with E-state index in [0.717, 1.165) is 22.5 Å². The van der Waals surface area contributed by atoms with Gasteiger partial charge in [0.2, 0.25) is 0 Å². The predicted octanol–water partition coefficient (Wildman–Crippen LogP) is 16.4. The molecule has 0 fully saturated rings. The fraction of sp³-hybridized carbons (Fsp3) is 0. The standard InChI is InChI=1S/C61H38N2/c1-3-15-42(16-4-1)57-51-20-9-10-21-52(51)58(43-17-5-2-6-18-43)61-54-32-31-49(50-22-13-23-53(59(50)54)60(57)61)48-36-46(35-47(37-48)45-30-27-39-14-7-8-19-44(39)34-45)40-25-28-41(29-26-40)55-38-63-33-12-11-24-56(63)62-55/h1-38H. The average Bonchev–Trinajstić information content (AvgIpc) is 3.94. The number of nitrogens with zero attached hydrogens (tertiary/aromatic N) is 2. The van der Waals surface area contributed by atoms with Gasteiger partial charge in [0.1, 0.15) is 5.65 Å². The Morgan fingerprint density at radius 1 is 0.302 bits per heavy atom. The molecule has 0 saturated heterocycles. The van der Waals surface area contributed by atoms with Crippen molar-refractivity contribution in [1.82, 2.24) is 9.38 Å². The molecule has 0 bridgehead atoms. The Morgan fingerprint density at radius 2 is 0.857 bits per heavy atom. The number of pyridine rings is 1. The van der Waals surface area contributed by atoms with E-state index < -0.39 is 0 Å². The van der Waals surface area contributed by atoms with Crippen molar-refractivity contribution in [3.63, 3.8) is 0 Å². The van der Waals surface area contributed by atoms with Crippen LogP contribution in [0.3, 0.4) is 0 Å². The minimum Gasteiger partial charge on any atom is -0.306 e. The second-order valence-electron chi connectivity index (χ2n) is 16.7. The number of hydrogen-bond acceptors (Lipinski definition) is 1. The Bertz CT molecular complexity index is 3640. The fourth-order valence-electron chi connectivity index (χ4n) is 10.3. The number of benzene rings is 10. The third-order valence-corrected chi connectivity index (χ3v) is 13.1. The minimum absolute atomic E-state index is 0.943. The van der Waals surface area contributed by atoms with Crippen molar-refractivity contribution in [2.75, 3.05) is 0 Å². The summed E-state index contributed by atoms with van der Waals surface area (Å²) in [6.45, 7) is 0. The van der Waals surface area contributed by atoms with Gasteiger partial charge in [-0.05, 0) is 147 Å². The molecule has 0 unspecified atom stereocenters. The SMILES string of the molecule is c1ccc(-c2c3c(c(-c4ccccc4)c4ccccc24)-c2ccc(-c4cc(-c5ccc(-c6cn7ccccc7n6)cc5)cc(-c5ccc6ccccc6c5)c4)c4cccc-3c24)cc1. The fourth-order valence-corrected chi connectivity index (χ4v) is 10.3. The van der Waals surface area contributed by atoms with E-state index in [1.807, 2.05) is 24.4 Å². The molecule has 2 aromatic heterocycles. The zero-order chi connectivity index (χ0) is 41.4. The van der Waals surface area contributed by atoms with Gasteiger partial charge in [-0.25, -0.2) is 4.98 Å². The maximum absolute atomic E-state index is 4.90. The van der Waals surface area contributed by atoms with E-state index >= 15 is 0 Å². The van der Waals surface area contributed by atoms with Crippen LogP contribution in [0.5, 0.6) is 0 Å². The zero-order valence-corrected chi connectivity index (χ0v) is 34.3. The highest BCUT2D eigenvalue weighted by Crippen LogP contribution is 2.58. The summed E-state index contributed by atoms with van der Waals surface area (Å²) >= 11 is 0. The molecule has 0 N–H and O–H groups in total. The van der Waals surface area contributed by atoms with Crippen molar-refractivity contribution >= 4 is 38.0 Å². The van der Waals surface area contributed by atoms with Crippen LogP contribution in [0.1, 0.15) is 0 Å². The van der Waals surface area contributed by atoms with Crippen LogP contribution in [0, 0.1) is 0 Å². The highest BCUT2D eigenvalue weighted by atomic mass is 15.0. The first-order valence-electron chi connectivity index (χ1n) is 21.7. The molecule has 1 aliphatic carbocycles. The molecule has 0 saturated carbocycles. The van der Waals surface area contributed by atoms with E-state index in [2.05, 4.69) is 211 Å². The molecule has 1 aliphatic rings. The zero-order valence-electron chi connectivity index (χ0n) is 34.3. The van der Waals surface area contributed by atoms with Gasteiger partial charge in [-0.3, -0.25) is 0 Å². The third kappa shape index (κ3) is 5.69. The summed E-state index contributed by atoms with van der Waals surface area (Å²) in [5, 5.41) is 7.58. The summed E-state index contributed by atoms with van der Waals surface area (Å²) in [6, 6.07) is 80.2. The molecule has 2 nitrogen and oxygen atoms in total. The molecule has 0 aliphatic heterocycles. The minimum atomic E-state index is 0.943. The Hall–Kier alpha value is -8.33. The molecular formula is C61H38N2. The van der Waals surface area contributed by atoms with Gasteiger partial charge in [0, 0.05) is 18.0 Å². The second kappa shape index (κ2) is 14.1. The molecule has 2 heterocycles. The largest absolute Gasteiger partial charge is 0.306 e. The summed E-state index contributed by atoms with van der Waals surface area (Å²) < 4.78 is 2.08. The normalized spacial score (nSPS) is 11.8. The summed E-state index contributed by atoms with van der Waals surface area (Å²) in [5.41, 5.74) is 20.4. The van der Waals surface area contributed by atoms with E-state index in [-0.39, 0.29) is 0 Å². The van der Waals surface area contributed by atoms with Crippen molar-refractivity contribution in [2.24, 2.45) is 0 Å². The molecule has 13 rings (SSSR count).